The van der Waals surface area contributed by atoms with Crippen molar-refractivity contribution in [2.24, 2.45) is 0 Å². The van der Waals surface area contributed by atoms with Crippen LogP contribution in [-0.2, 0) is 4.74 Å². The van der Waals surface area contributed by atoms with E-state index in [1.165, 1.54) is 4.70 Å². The molecule has 0 saturated heterocycles. The van der Waals surface area contributed by atoms with Gasteiger partial charge in [0, 0.05) is 26.7 Å². The molecule has 5 heteroatoms. The molecule has 2 rings (SSSR count). The third-order valence-corrected chi connectivity index (χ3v) is 3.73. The van der Waals surface area contributed by atoms with Crippen molar-refractivity contribution in [2.75, 3.05) is 45.7 Å². The third-order valence-electron chi connectivity index (χ3n) is 2.74. The van der Waals surface area contributed by atoms with Crippen molar-refractivity contribution in [3.8, 4) is 0 Å². The summed E-state index contributed by atoms with van der Waals surface area (Å²) in [6.07, 6.45) is 0. The first-order valence-corrected chi connectivity index (χ1v) is 6.88. The molecule has 1 aromatic heterocycles. The molecular weight excluding hydrogens is 246 g/mol. The van der Waals surface area contributed by atoms with Crippen LogP contribution in [-0.4, -0.2) is 50.3 Å². The molecule has 2 aromatic rings. The van der Waals surface area contributed by atoms with Crippen LogP contribution in [0.25, 0.3) is 10.2 Å². The first-order chi connectivity index (χ1) is 8.79. The van der Waals surface area contributed by atoms with E-state index in [2.05, 4.69) is 28.3 Å². The number of hydrogen-bond donors (Lipinski definition) is 1. The van der Waals surface area contributed by atoms with Crippen molar-refractivity contribution in [1.82, 2.24) is 9.88 Å². The number of likely N-dealkylation sites (N-methyl/N-ethyl adjacent to an activating group) is 1. The van der Waals surface area contributed by atoms with Gasteiger partial charge in [0.05, 0.1) is 16.8 Å². The molecule has 0 fully saturated rings. The van der Waals surface area contributed by atoms with Crippen molar-refractivity contribution in [2.45, 2.75) is 0 Å². The molecule has 0 bridgehead atoms. The summed E-state index contributed by atoms with van der Waals surface area (Å²) in [5, 5.41) is 4.36. The van der Waals surface area contributed by atoms with Gasteiger partial charge < -0.3 is 15.0 Å². The molecule has 0 unspecified atom stereocenters. The Kier molecular flexibility index (Phi) is 4.92. The summed E-state index contributed by atoms with van der Waals surface area (Å²) in [7, 11) is 3.83. The van der Waals surface area contributed by atoms with E-state index in [4.69, 9.17) is 4.74 Å². The summed E-state index contributed by atoms with van der Waals surface area (Å²) < 4.78 is 6.27. The summed E-state index contributed by atoms with van der Waals surface area (Å²) in [5.41, 5.74) is 1.07. The highest BCUT2D eigenvalue weighted by Crippen LogP contribution is 2.24. The molecule has 1 heterocycles. The van der Waals surface area contributed by atoms with E-state index in [0.29, 0.717) is 0 Å². The highest BCUT2D eigenvalue weighted by Gasteiger charge is 2.02. The molecule has 0 radical (unpaired) electrons. The Bertz CT molecular complexity index is 453. The van der Waals surface area contributed by atoms with E-state index in [1.54, 1.807) is 18.4 Å². The zero-order valence-electron chi connectivity index (χ0n) is 10.8. The van der Waals surface area contributed by atoms with Gasteiger partial charge >= 0.3 is 0 Å². The Morgan fingerprint density at radius 2 is 2.17 bits per heavy atom. The second kappa shape index (κ2) is 6.68. The van der Waals surface area contributed by atoms with E-state index in [-0.39, 0.29) is 0 Å². The number of nitrogens with one attached hydrogen (secondary N) is 1. The van der Waals surface area contributed by atoms with Crippen LogP contribution >= 0.6 is 11.3 Å². The molecule has 98 valence electrons. The maximum Gasteiger partial charge on any atom is 0.183 e. The van der Waals surface area contributed by atoms with E-state index in [0.717, 1.165) is 36.9 Å². The minimum absolute atomic E-state index is 0.775. The number of thiazole rings is 1. The van der Waals surface area contributed by atoms with Crippen molar-refractivity contribution in [3.63, 3.8) is 0 Å². The summed E-state index contributed by atoms with van der Waals surface area (Å²) >= 11 is 1.70. The quantitative estimate of drug-likeness (QED) is 0.833. The lowest BCUT2D eigenvalue weighted by atomic mass is 10.3. The van der Waals surface area contributed by atoms with Gasteiger partial charge in [-0.2, -0.15) is 0 Å². The molecule has 0 saturated carbocycles. The lowest BCUT2D eigenvalue weighted by Gasteiger charge is -2.15. The van der Waals surface area contributed by atoms with Crippen LogP contribution in [0.3, 0.4) is 0 Å². The van der Waals surface area contributed by atoms with Crippen LogP contribution in [0.2, 0.25) is 0 Å². The number of rotatable bonds is 7. The smallest absolute Gasteiger partial charge is 0.183 e. The van der Waals surface area contributed by atoms with Crippen LogP contribution in [0.4, 0.5) is 5.13 Å². The normalized spacial score (nSPS) is 11.3. The van der Waals surface area contributed by atoms with Gasteiger partial charge in [-0.3, -0.25) is 0 Å². The Labute approximate surface area is 112 Å². The van der Waals surface area contributed by atoms with Crippen LogP contribution in [0.15, 0.2) is 24.3 Å². The molecule has 0 aliphatic heterocycles. The Morgan fingerprint density at radius 1 is 1.33 bits per heavy atom. The Balaban J connectivity index is 1.79. The number of ether oxygens (including phenoxy) is 1. The Morgan fingerprint density at radius 3 is 2.94 bits per heavy atom. The fourth-order valence-corrected chi connectivity index (χ4v) is 2.55. The fraction of sp³-hybridized carbons (Fsp3) is 0.462. The zero-order valence-corrected chi connectivity index (χ0v) is 11.7. The van der Waals surface area contributed by atoms with Crippen LogP contribution in [0, 0.1) is 0 Å². The van der Waals surface area contributed by atoms with Gasteiger partial charge in [-0.25, -0.2) is 4.98 Å². The van der Waals surface area contributed by atoms with Crippen molar-refractivity contribution < 1.29 is 4.74 Å². The number of benzene rings is 1. The summed E-state index contributed by atoms with van der Waals surface area (Å²) in [6.45, 7) is 3.62. The summed E-state index contributed by atoms with van der Waals surface area (Å²) in [4.78, 5) is 6.78. The lowest BCUT2D eigenvalue weighted by molar-refractivity contribution is 0.163. The maximum absolute atomic E-state index is 5.04. The predicted molar refractivity (Wildman–Crippen MR) is 77.5 cm³/mol. The van der Waals surface area contributed by atoms with Gasteiger partial charge in [0.25, 0.3) is 0 Å². The molecule has 0 aliphatic carbocycles. The minimum Gasteiger partial charge on any atom is -0.383 e. The monoisotopic (exact) mass is 265 g/mol. The van der Waals surface area contributed by atoms with Crippen molar-refractivity contribution >= 4 is 26.7 Å². The first-order valence-electron chi connectivity index (χ1n) is 6.06. The molecule has 0 spiro atoms. The minimum atomic E-state index is 0.775. The largest absolute Gasteiger partial charge is 0.383 e. The van der Waals surface area contributed by atoms with Crippen molar-refractivity contribution in [3.05, 3.63) is 24.3 Å². The van der Waals surface area contributed by atoms with Gasteiger partial charge in [-0.15, -0.1) is 0 Å². The van der Waals surface area contributed by atoms with E-state index in [9.17, 15) is 0 Å². The van der Waals surface area contributed by atoms with Gasteiger partial charge in [0.15, 0.2) is 5.13 Å². The first kappa shape index (κ1) is 13.3. The molecule has 1 aromatic carbocycles. The number of hydrogen-bond acceptors (Lipinski definition) is 5. The third kappa shape index (κ3) is 3.66. The highest BCUT2D eigenvalue weighted by atomic mass is 32.1. The van der Waals surface area contributed by atoms with Crippen molar-refractivity contribution in [1.29, 1.82) is 0 Å². The van der Waals surface area contributed by atoms with Gasteiger partial charge in [-0.05, 0) is 19.2 Å². The second-order valence-corrected chi connectivity index (χ2v) is 5.24. The summed E-state index contributed by atoms with van der Waals surface area (Å²) in [5.74, 6) is 0. The van der Waals surface area contributed by atoms with E-state index < -0.39 is 0 Å². The summed E-state index contributed by atoms with van der Waals surface area (Å²) in [6, 6.07) is 8.21. The number of anilines is 1. The highest BCUT2D eigenvalue weighted by molar-refractivity contribution is 7.22. The number of fused-ring (bicyclic) bond motifs is 1. The van der Waals surface area contributed by atoms with E-state index in [1.807, 2.05) is 18.2 Å². The molecule has 0 atom stereocenters. The predicted octanol–water partition coefficient (Wildman–Crippen LogP) is 2.29. The standard InChI is InChI=1S/C13H19N3OS/c1-16(9-10-17-2)8-7-14-13-15-11-5-3-4-6-12(11)18-13/h3-6H,7-10H2,1-2H3,(H,14,15). The maximum atomic E-state index is 5.04. The van der Waals surface area contributed by atoms with Crippen LogP contribution < -0.4 is 5.32 Å². The number of aromatic nitrogens is 1. The average molecular weight is 265 g/mol. The van der Waals surface area contributed by atoms with Gasteiger partial charge in [0.2, 0.25) is 0 Å². The van der Waals surface area contributed by atoms with Gasteiger partial charge in [0.1, 0.15) is 0 Å². The average Bonchev–Trinajstić information content (AvgIpc) is 2.79. The molecule has 0 amide bonds. The molecule has 4 nitrogen and oxygen atoms in total. The number of methoxy groups -OCH3 is 1. The van der Waals surface area contributed by atoms with Crippen LogP contribution in [0.1, 0.15) is 0 Å². The molecule has 1 N–H and O–H groups in total. The number of nitrogens with zero attached hydrogens (tertiary/aromatic N) is 2. The van der Waals surface area contributed by atoms with E-state index >= 15 is 0 Å². The van der Waals surface area contributed by atoms with Crippen LogP contribution in [0.5, 0.6) is 0 Å². The number of para-hydroxylation sites is 1. The second-order valence-electron chi connectivity index (χ2n) is 4.21. The van der Waals surface area contributed by atoms with Gasteiger partial charge in [-0.1, -0.05) is 23.5 Å². The molecule has 18 heavy (non-hydrogen) atoms. The fourth-order valence-electron chi connectivity index (χ4n) is 1.66. The molecular formula is C13H19N3OS. The topological polar surface area (TPSA) is 37.4 Å². The lowest BCUT2D eigenvalue weighted by Crippen LogP contribution is -2.28. The SMILES string of the molecule is COCCN(C)CCNc1nc2ccccc2s1. The zero-order chi connectivity index (χ0) is 12.8. The Hall–Kier alpha value is -1.17. The molecule has 0 aliphatic rings.